The second-order valence-electron chi connectivity index (χ2n) is 5.53. The Bertz CT molecular complexity index is 970. The summed E-state index contributed by atoms with van der Waals surface area (Å²) < 4.78 is 1.33. The predicted octanol–water partition coefficient (Wildman–Crippen LogP) is 4.04. The van der Waals surface area contributed by atoms with Crippen LogP contribution in [0, 0.1) is 17.0 Å². The zero-order chi connectivity index (χ0) is 18.7. The van der Waals surface area contributed by atoms with Gasteiger partial charge in [-0.05, 0) is 31.2 Å². The predicted molar refractivity (Wildman–Crippen MR) is 99.6 cm³/mol. The first-order valence-electron chi connectivity index (χ1n) is 7.78. The number of aryl methyl sites for hydroxylation is 1. The van der Waals surface area contributed by atoms with E-state index >= 15 is 0 Å². The number of amides is 1. The van der Waals surface area contributed by atoms with Crippen LogP contribution in [0.15, 0.2) is 64.4 Å². The maximum atomic E-state index is 12.6. The standard InChI is InChI=1S/C18H16N4O3S/c1-12-17(22(24)25)16(20-21(12)2)18(23)19-14-10-6-7-11-15(14)26-13-8-4-3-5-9-13/h3-11H,1-2H3,(H,19,23). The molecular formula is C18H16N4O3S. The molecule has 3 rings (SSSR count). The maximum Gasteiger partial charge on any atom is 0.322 e. The molecule has 0 atom stereocenters. The lowest BCUT2D eigenvalue weighted by atomic mass is 10.2. The fourth-order valence-electron chi connectivity index (χ4n) is 2.42. The van der Waals surface area contributed by atoms with Crippen molar-refractivity contribution < 1.29 is 9.72 Å². The van der Waals surface area contributed by atoms with Gasteiger partial charge >= 0.3 is 5.69 Å². The SMILES string of the molecule is Cc1c([N+](=O)[O-])c(C(=O)Nc2ccccc2Sc2ccccc2)nn1C. The Balaban J connectivity index is 1.89. The summed E-state index contributed by atoms with van der Waals surface area (Å²) in [5, 5.41) is 18.0. The number of carbonyl (C=O) groups excluding carboxylic acids is 1. The molecule has 0 aliphatic carbocycles. The van der Waals surface area contributed by atoms with Crippen molar-refractivity contribution in [2.45, 2.75) is 16.7 Å². The van der Waals surface area contributed by atoms with Crippen LogP contribution in [0.5, 0.6) is 0 Å². The van der Waals surface area contributed by atoms with Gasteiger partial charge in [-0.3, -0.25) is 19.6 Å². The number of carbonyl (C=O) groups is 1. The van der Waals surface area contributed by atoms with Crippen LogP contribution in [0.3, 0.4) is 0 Å². The molecule has 3 aromatic rings. The van der Waals surface area contributed by atoms with Crippen LogP contribution in [0.2, 0.25) is 0 Å². The van der Waals surface area contributed by atoms with E-state index in [1.54, 1.807) is 26.1 Å². The molecule has 2 aromatic carbocycles. The first-order valence-corrected chi connectivity index (χ1v) is 8.60. The van der Waals surface area contributed by atoms with Crippen LogP contribution in [-0.2, 0) is 7.05 Å². The van der Waals surface area contributed by atoms with Crippen LogP contribution in [0.4, 0.5) is 11.4 Å². The first-order chi connectivity index (χ1) is 12.5. The summed E-state index contributed by atoms with van der Waals surface area (Å²) in [4.78, 5) is 25.2. The van der Waals surface area contributed by atoms with Crippen molar-refractivity contribution in [1.29, 1.82) is 0 Å². The molecule has 132 valence electrons. The topological polar surface area (TPSA) is 90.1 Å². The smallest absolute Gasteiger partial charge is 0.319 e. The minimum Gasteiger partial charge on any atom is -0.319 e. The van der Waals surface area contributed by atoms with E-state index in [0.717, 1.165) is 9.79 Å². The van der Waals surface area contributed by atoms with E-state index in [2.05, 4.69) is 10.4 Å². The molecule has 1 aromatic heterocycles. The number of anilines is 1. The van der Waals surface area contributed by atoms with E-state index in [1.807, 2.05) is 42.5 Å². The van der Waals surface area contributed by atoms with E-state index in [4.69, 9.17) is 0 Å². The molecule has 0 aliphatic rings. The Morgan fingerprint density at radius 2 is 1.81 bits per heavy atom. The molecule has 1 amide bonds. The van der Waals surface area contributed by atoms with Crippen LogP contribution >= 0.6 is 11.8 Å². The number of nitro groups is 1. The van der Waals surface area contributed by atoms with Crippen molar-refractivity contribution in [2.75, 3.05) is 5.32 Å². The number of nitrogens with zero attached hydrogens (tertiary/aromatic N) is 3. The summed E-state index contributed by atoms with van der Waals surface area (Å²) in [5.74, 6) is -0.610. The van der Waals surface area contributed by atoms with Gasteiger partial charge < -0.3 is 5.32 Å². The summed E-state index contributed by atoms with van der Waals surface area (Å²) in [5.41, 5.74) is 0.420. The van der Waals surface area contributed by atoms with Crippen LogP contribution in [0.25, 0.3) is 0 Å². The van der Waals surface area contributed by atoms with Gasteiger partial charge in [0.25, 0.3) is 5.91 Å². The second-order valence-corrected chi connectivity index (χ2v) is 6.64. The zero-order valence-corrected chi connectivity index (χ0v) is 15.0. The molecular weight excluding hydrogens is 352 g/mol. The van der Waals surface area contributed by atoms with Gasteiger partial charge in [-0.2, -0.15) is 5.10 Å². The molecule has 0 saturated heterocycles. The fourth-order valence-corrected chi connectivity index (χ4v) is 3.35. The highest BCUT2D eigenvalue weighted by atomic mass is 32.2. The number of aromatic nitrogens is 2. The summed E-state index contributed by atoms with van der Waals surface area (Å²) in [6.45, 7) is 1.56. The van der Waals surface area contributed by atoms with Gasteiger partial charge in [0.15, 0.2) is 0 Å². The molecule has 0 fully saturated rings. The monoisotopic (exact) mass is 368 g/mol. The van der Waals surface area contributed by atoms with E-state index in [0.29, 0.717) is 11.4 Å². The van der Waals surface area contributed by atoms with Gasteiger partial charge in [-0.1, -0.05) is 42.1 Å². The lowest BCUT2D eigenvalue weighted by Gasteiger charge is -2.09. The van der Waals surface area contributed by atoms with Crippen molar-refractivity contribution in [1.82, 2.24) is 9.78 Å². The van der Waals surface area contributed by atoms with E-state index in [1.165, 1.54) is 16.4 Å². The van der Waals surface area contributed by atoms with Crippen molar-refractivity contribution in [3.63, 3.8) is 0 Å². The van der Waals surface area contributed by atoms with E-state index in [9.17, 15) is 14.9 Å². The minimum atomic E-state index is -0.610. The van der Waals surface area contributed by atoms with Gasteiger partial charge in [0.1, 0.15) is 5.69 Å². The molecule has 0 bridgehead atoms. The van der Waals surface area contributed by atoms with Gasteiger partial charge in [-0.15, -0.1) is 0 Å². The maximum absolute atomic E-state index is 12.6. The number of nitrogens with one attached hydrogen (secondary N) is 1. The number of rotatable bonds is 5. The van der Waals surface area contributed by atoms with Crippen molar-refractivity contribution in [2.24, 2.45) is 7.05 Å². The average Bonchev–Trinajstić information content (AvgIpc) is 2.93. The van der Waals surface area contributed by atoms with Crippen molar-refractivity contribution >= 4 is 29.0 Å². The van der Waals surface area contributed by atoms with Crippen molar-refractivity contribution in [3.8, 4) is 0 Å². The molecule has 0 aliphatic heterocycles. The summed E-state index contributed by atoms with van der Waals surface area (Å²) in [6.07, 6.45) is 0. The minimum absolute atomic E-state index is 0.200. The summed E-state index contributed by atoms with van der Waals surface area (Å²) in [6, 6.07) is 17.0. The van der Waals surface area contributed by atoms with E-state index < -0.39 is 10.8 Å². The Hall–Kier alpha value is -3.13. The first kappa shape index (κ1) is 17.7. The van der Waals surface area contributed by atoms with E-state index in [-0.39, 0.29) is 11.4 Å². The number of benzene rings is 2. The molecule has 1 N–H and O–H groups in total. The molecule has 8 heteroatoms. The largest absolute Gasteiger partial charge is 0.322 e. The lowest BCUT2D eigenvalue weighted by Crippen LogP contribution is -2.15. The van der Waals surface area contributed by atoms with Gasteiger partial charge in [0, 0.05) is 16.8 Å². The van der Waals surface area contributed by atoms with Crippen molar-refractivity contribution in [3.05, 3.63) is 76.1 Å². The Morgan fingerprint density at radius 3 is 2.50 bits per heavy atom. The number of hydrogen-bond donors (Lipinski definition) is 1. The molecule has 7 nitrogen and oxygen atoms in total. The third-order valence-electron chi connectivity index (χ3n) is 3.81. The quantitative estimate of drug-likeness (QED) is 0.542. The highest BCUT2D eigenvalue weighted by molar-refractivity contribution is 7.99. The third kappa shape index (κ3) is 3.60. The lowest BCUT2D eigenvalue weighted by molar-refractivity contribution is -0.385. The highest BCUT2D eigenvalue weighted by Gasteiger charge is 2.29. The highest BCUT2D eigenvalue weighted by Crippen LogP contribution is 2.33. The average molecular weight is 368 g/mol. The van der Waals surface area contributed by atoms with Crippen LogP contribution < -0.4 is 5.32 Å². The Labute approximate surface area is 154 Å². The summed E-state index contributed by atoms with van der Waals surface area (Å²) >= 11 is 1.50. The zero-order valence-electron chi connectivity index (χ0n) is 14.2. The normalized spacial score (nSPS) is 10.5. The molecule has 1 heterocycles. The summed E-state index contributed by atoms with van der Waals surface area (Å²) in [7, 11) is 1.57. The van der Waals surface area contributed by atoms with Crippen LogP contribution in [0.1, 0.15) is 16.2 Å². The molecule has 26 heavy (non-hydrogen) atoms. The number of para-hydroxylation sites is 1. The molecule has 0 unspecified atom stereocenters. The Morgan fingerprint density at radius 1 is 1.15 bits per heavy atom. The number of hydrogen-bond acceptors (Lipinski definition) is 5. The van der Waals surface area contributed by atoms with Gasteiger partial charge in [0.2, 0.25) is 5.69 Å². The van der Waals surface area contributed by atoms with Gasteiger partial charge in [0.05, 0.1) is 10.6 Å². The molecule has 0 spiro atoms. The second kappa shape index (κ2) is 7.40. The van der Waals surface area contributed by atoms with Gasteiger partial charge in [-0.25, -0.2) is 0 Å². The van der Waals surface area contributed by atoms with Crippen LogP contribution in [-0.4, -0.2) is 20.6 Å². The third-order valence-corrected chi connectivity index (χ3v) is 4.89. The fraction of sp³-hybridized carbons (Fsp3) is 0.111. The molecule has 0 saturated carbocycles. The Kier molecular flexibility index (Phi) is 5.04. The molecule has 0 radical (unpaired) electrons.